The van der Waals surface area contributed by atoms with Crippen molar-refractivity contribution in [3.8, 4) is 67.8 Å². The summed E-state index contributed by atoms with van der Waals surface area (Å²) in [5, 5.41) is 21.5. The molecule has 0 saturated carbocycles. The quantitative estimate of drug-likeness (QED) is 0.175. The number of rotatable bonds is 5. The van der Waals surface area contributed by atoms with Crippen LogP contribution in [0.2, 0.25) is 0 Å². The molecular weight excluding hydrogens is 808 g/mol. The van der Waals surface area contributed by atoms with Crippen molar-refractivity contribution in [2.75, 3.05) is 0 Å². The summed E-state index contributed by atoms with van der Waals surface area (Å²) in [5.74, 6) is 0.700. The Morgan fingerprint density at radius 2 is 1.35 bits per heavy atom. The van der Waals surface area contributed by atoms with E-state index >= 15 is 0 Å². The number of imidazole rings is 1. The van der Waals surface area contributed by atoms with E-state index in [1.165, 1.54) is 0 Å². The number of fused-ring (bicyclic) bond motifs is 1. The van der Waals surface area contributed by atoms with E-state index in [9.17, 15) is 10.4 Å². The second-order valence-corrected chi connectivity index (χ2v) is 14.8. The van der Waals surface area contributed by atoms with Crippen molar-refractivity contribution >= 4 is 11.0 Å². The van der Waals surface area contributed by atoms with E-state index in [2.05, 4.69) is 84.0 Å². The molecule has 0 amide bonds. The number of hydrogen-bond donors (Lipinski definition) is 1. The van der Waals surface area contributed by atoms with Crippen LogP contribution in [-0.2, 0) is 31.9 Å². The number of para-hydroxylation sites is 1. The van der Waals surface area contributed by atoms with Crippen LogP contribution in [0.3, 0.4) is 0 Å². The Kier molecular flexibility index (Phi) is 9.60. The zero-order valence-corrected chi connectivity index (χ0v) is 31.8. The molecule has 0 spiro atoms. The van der Waals surface area contributed by atoms with Gasteiger partial charge in [0.1, 0.15) is 11.8 Å². The van der Waals surface area contributed by atoms with Gasteiger partial charge in [-0.15, -0.1) is 23.8 Å². The third-order valence-electron chi connectivity index (χ3n) is 9.14. The van der Waals surface area contributed by atoms with Gasteiger partial charge in [0.15, 0.2) is 0 Å². The minimum atomic E-state index is -0.277. The largest absolute Gasteiger partial charge is 2.00 e. The first-order chi connectivity index (χ1) is 23.9. The topological polar surface area (TPSA) is 83.9 Å². The maximum atomic E-state index is 11.6. The summed E-state index contributed by atoms with van der Waals surface area (Å²) < 4.78 is 0. The number of aromatic nitrogens is 3. The van der Waals surface area contributed by atoms with Gasteiger partial charge in [0.25, 0.3) is 0 Å². The predicted octanol–water partition coefficient (Wildman–Crippen LogP) is 10.9. The number of phenols is 1. The van der Waals surface area contributed by atoms with Crippen molar-refractivity contribution in [3.63, 3.8) is 0 Å². The van der Waals surface area contributed by atoms with Crippen LogP contribution in [0, 0.1) is 17.4 Å². The molecule has 0 bridgehead atoms. The number of aromatic hydroxyl groups is 1. The molecular formula is C45H38N4OPt. The summed E-state index contributed by atoms with van der Waals surface area (Å²) in [6, 6.07) is 42.4. The van der Waals surface area contributed by atoms with Gasteiger partial charge >= 0.3 is 21.1 Å². The van der Waals surface area contributed by atoms with E-state index in [0.29, 0.717) is 22.6 Å². The van der Waals surface area contributed by atoms with E-state index in [-0.39, 0.29) is 37.6 Å². The summed E-state index contributed by atoms with van der Waals surface area (Å²) in [7, 11) is 0. The second kappa shape index (κ2) is 13.8. The van der Waals surface area contributed by atoms with Crippen LogP contribution in [0.15, 0.2) is 115 Å². The SMILES string of the molecule is CC(C)(C)c1cc(-c2nc3cccc(-c4[c-]c(-c5cc(-c6ccccc6)c(C#N)cn5)cc(-c5ccccc5)c4)c3[n-]2)c(O)c(C(C)(C)C)c1.[Pt+2]. The van der Waals surface area contributed by atoms with Crippen molar-refractivity contribution in [3.05, 3.63) is 138 Å². The minimum absolute atomic E-state index is 0. The first kappa shape index (κ1) is 35.5. The average molecular weight is 846 g/mol. The average Bonchev–Trinajstić information content (AvgIpc) is 3.55. The number of benzene rings is 5. The maximum Gasteiger partial charge on any atom is 2.00 e. The van der Waals surface area contributed by atoms with Crippen molar-refractivity contribution in [1.82, 2.24) is 15.0 Å². The smallest absolute Gasteiger partial charge is 0.507 e. The Bertz CT molecular complexity index is 2410. The molecule has 0 saturated heterocycles. The Hall–Kier alpha value is -5.30. The molecule has 0 aliphatic carbocycles. The summed E-state index contributed by atoms with van der Waals surface area (Å²) in [6.45, 7) is 12.9. The molecule has 0 aliphatic heterocycles. The van der Waals surface area contributed by atoms with Gasteiger partial charge in [0.2, 0.25) is 0 Å². The zero-order chi connectivity index (χ0) is 35.2. The predicted molar refractivity (Wildman–Crippen MR) is 203 cm³/mol. The molecule has 0 fully saturated rings. The van der Waals surface area contributed by atoms with Gasteiger partial charge in [-0.3, -0.25) is 4.98 Å². The summed E-state index contributed by atoms with van der Waals surface area (Å²) in [6.07, 6.45) is 1.64. The van der Waals surface area contributed by atoms with Crippen molar-refractivity contribution in [2.24, 2.45) is 0 Å². The molecule has 2 heterocycles. The van der Waals surface area contributed by atoms with Gasteiger partial charge in [-0.05, 0) is 50.5 Å². The van der Waals surface area contributed by atoms with Crippen LogP contribution in [0.5, 0.6) is 5.75 Å². The summed E-state index contributed by atoms with van der Waals surface area (Å²) in [5.41, 5.74) is 11.2. The van der Waals surface area contributed by atoms with Crippen molar-refractivity contribution < 1.29 is 26.2 Å². The van der Waals surface area contributed by atoms with Gasteiger partial charge in [-0.2, -0.15) is 5.26 Å². The molecule has 254 valence electrons. The molecule has 7 rings (SSSR count). The van der Waals surface area contributed by atoms with E-state index in [1.807, 2.05) is 78.9 Å². The van der Waals surface area contributed by atoms with E-state index in [1.54, 1.807) is 6.20 Å². The van der Waals surface area contributed by atoms with Crippen LogP contribution in [-0.4, -0.2) is 15.1 Å². The van der Waals surface area contributed by atoms with Crippen LogP contribution < -0.4 is 4.98 Å². The first-order valence-corrected chi connectivity index (χ1v) is 16.8. The third kappa shape index (κ3) is 7.03. The number of nitriles is 1. The second-order valence-electron chi connectivity index (χ2n) is 14.8. The van der Waals surface area contributed by atoms with Crippen molar-refractivity contribution in [2.45, 2.75) is 52.4 Å². The molecule has 1 N–H and O–H groups in total. The van der Waals surface area contributed by atoms with E-state index in [4.69, 9.17) is 15.0 Å². The minimum Gasteiger partial charge on any atom is -0.507 e. The standard InChI is InChI=1S/C45H38N4O.Pt/c1-44(2,3)34-23-37(42(50)38(24-34)45(4,5)6)43-48-39-19-13-18-35(41(39)49-43)31-20-30(28-14-9-7-10-15-28)21-32(22-31)40-25-36(33(26-46)27-47-40)29-16-11-8-12-17-29;/h7-21,23-25,27H,1-6H3,(H-,48,49,50);/q-2;+2. The molecule has 0 radical (unpaired) electrons. The van der Waals surface area contributed by atoms with Crippen LogP contribution >= 0.6 is 0 Å². The molecule has 5 nitrogen and oxygen atoms in total. The third-order valence-corrected chi connectivity index (χ3v) is 9.14. The summed E-state index contributed by atoms with van der Waals surface area (Å²) >= 11 is 0. The Labute approximate surface area is 314 Å². The fraction of sp³-hybridized carbons (Fsp3) is 0.178. The van der Waals surface area contributed by atoms with Gasteiger partial charge in [0, 0.05) is 23.0 Å². The van der Waals surface area contributed by atoms with Gasteiger partial charge in [0.05, 0.1) is 5.56 Å². The number of phenolic OH excluding ortho intramolecular Hbond substituents is 1. The molecule has 5 aromatic carbocycles. The fourth-order valence-electron chi connectivity index (χ4n) is 6.33. The monoisotopic (exact) mass is 845 g/mol. The van der Waals surface area contributed by atoms with Crippen LogP contribution in [0.25, 0.3) is 67.1 Å². The molecule has 51 heavy (non-hydrogen) atoms. The van der Waals surface area contributed by atoms with Gasteiger partial charge < -0.3 is 15.1 Å². The maximum absolute atomic E-state index is 11.6. The number of pyridine rings is 1. The molecule has 0 atom stereocenters. The van der Waals surface area contributed by atoms with Crippen LogP contribution in [0.4, 0.5) is 0 Å². The Morgan fingerprint density at radius 3 is 2.00 bits per heavy atom. The molecule has 0 unspecified atom stereocenters. The van der Waals surface area contributed by atoms with Gasteiger partial charge in [-0.25, -0.2) is 0 Å². The van der Waals surface area contributed by atoms with E-state index < -0.39 is 0 Å². The molecule has 6 heteroatoms. The summed E-state index contributed by atoms with van der Waals surface area (Å²) in [4.78, 5) is 14.8. The van der Waals surface area contributed by atoms with Gasteiger partial charge in [-0.1, -0.05) is 155 Å². The normalized spacial score (nSPS) is 11.6. The Balaban J connectivity index is 0.00000448. The number of hydrogen-bond acceptors (Lipinski definition) is 4. The van der Waals surface area contributed by atoms with Crippen molar-refractivity contribution in [1.29, 1.82) is 5.26 Å². The molecule has 0 aliphatic rings. The van der Waals surface area contributed by atoms with Crippen LogP contribution in [0.1, 0.15) is 58.2 Å². The zero-order valence-electron chi connectivity index (χ0n) is 29.5. The number of nitrogens with zero attached hydrogens (tertiary/aromatic N) is 4. The fourth-order valence-corrected chi connectivity index (χ4v) is 6.33. The molecule has 7 aromatic rings. The molecule has 2 aromatic heterocycles. The Morgan fingerprint density at radius 1 is 0.686 bits per heavy atom. The first-order valence-electron chi connectivity index (χ1n) is 16.8. The van der Waals surface area contributed by atoms with E-state index in [0.717, 1.165) is 61.1 Å².